The summed E-state index contributed by atoms with van der Waals surface area (Å²) in [6.45, 7) is 6.09. The summed E-state index contributed by atoms with van der Waals surface area (Å²) in [6.07, 6.45) is -15.7. The number of ether oxygens (including phenoxy) is 6. The first-order valence-electron chi connectivity index (χ1n) is 26.5. The van der Waals surface area contributed by atoms with E-state index in [1.807, 2.05) is 51.1 Å². The minimum Gasteiger partial charge on any atom is -0.493 e. The Morgan fingerprint density at radius 1 is 0.543 bits per heavy atom. The van der Waals surface area contributed by atoms with Crippen LogP contribution in [0.3, 0.4) is 0 Å². The number of methoxy groups -OCH3 is 2. The van der Waals surface area contributed by atoms with Crippen molar-refractivity contribution in [2.75, 3.05) is 24.9 Å². The molecule has 2 aliphatic carbocycles. The van der Waals surface area contributed by atoms with Crippen molar-refractivity contribution in [3.05, 3.63) is 162 Å². The number of carbonyl (C=O) groups is 4. The number of aromatic carboxylic acids is 1. The normalized spacial score (nSPS) is 14.1. The van der Waals surface area contributed by atoms with Crippen LogP contribution in [0.5, 0.6) is 46.0 Å². The van der Waals surface area contributed by atoms with E-state index < -0.39 is 93.8 Å². The van der Waals surface area contributed by atoms with Crippen molar-refractivity contribution in [1.29, 1.82) is 0 Å². The number of carboxylic acids is 1. The van der Waals surface area contributed by atoms with E-state index in [4.69, 9.17) is 35.4 Å². The number of aliphatic imine (C=N–C) groups is 1. The van der Waals surface area contributed by atoms with Gasteiger partial charge in [0.1, 0.15) is 56.3 Å². The van der Waals surface area contributed by atoms with Crippen LogP contribution in [0.25, 0.3) is 0 Å². The standard InChI is InChI=1S/C24H18F6N4O5.C18H13F6NO5.C17H20N4OS/c1-37-18-9-13(39-24(28,29)30)2-3-16(18)38-17-10-19(22(5-6-22)23(25,26)27)33-11-14(17)21(36)34-12-4-7-32-15(8-12)20(31)35;1-28-13-6-9(30-18(22,23)24)2-3-11(13)29-12-7-14(25-8-10(12)15(26)27)16(4-5-16)17(19,20)21;1-17(2,3)21-16(23-13-7-5-4-6-8-13)20-12-9-10-19-14(11-12)15(18)22/h2-4,7-11H,5-6H2,1H3,(H2,31,35)(H,32,34,36);2-3,6-8H,4-5H2,1H3,(H,26,27);4-11H,1-3H3,(H2,18,22)(H,19,20,21). The molecule has 92 heavy (non-hydrogen) atoms. The second-order valence-electron chi connectivity index (χ2n) is 20.7. The number of amidine groups is 1. The molecule has 0 aliphatic heterocycles. The minimum atomic E-state index is -4.99. The van der Waals surface area contributed by atoms with Crippen molar-refractivity contribution >= 4 is 52.0 Å². The van der Waals surface area contributed by atoms with Crippen LogP contribution in [0, 0.1) is 0 Å². The lowest BCUT2D eigenvalue weighted by Gasteiger charge is -2.21. The van der Waals surface area contributed by atoms with Crippen molar-refractivity contribution < 1.29 is 105 Å². The van der Waals surface area contributed by atoms with Gasteiger partial charge in [0.15, 0.2) is 28.2 Å². The molecule has 488 valence electrons. The molecule has 20 nitrogen and oxygen atoms in total. The number of rotatable bonds is 17. The number of amides is 3. The molecule has 4 aromatic heterocycles. The van der Waals surface area contributed by atoms with Gasteiger partial charge in [-0.3, -0.25) is 39.3 Å². The Kier molecular flexibility index (Phi) is 20.8. The molecule has 0 atom stereocenters. The number of nitrogens with zero attached hydrogens (tertiary/aromatic N) is 5. The molecule has 0 bridgehead atoms. The number of carboxylic acid groups (broad SMARTS) is 1. The molecule has 2 aliphatic rings. The molecule has 3 amide bonds. The van der Waals surface area contributed by atoms with E-state index in [9.17, 15) is 77.0 Å². The molecule has 0 radical (unpaired) electrons. The van der Waals surface area contributed by atoms with Crippen molar-refractivity contribution in [2.45, 2.75) is 92.8 Å². The Hall–Kier alpha value is -10.1. The summed E-state index contributed by atoms with van der Waals surface area (Å²) in [5, 5.41) is 15.7. The number of hydrogen-bond acceptors (Lipinski definition) is 16. The average molecular weight is 1320 g/mol. The van der Waals surface area contributed by atoms with Gasteiger partial charge >= 0.3 is 31.0 Å². The molecule has 7 aromatic rings. The van der Waals surface area contributed by atoms with E-state index in [1.54, 1.807) is 18.3 Å². The highest BCUT2D eigenvalue weighted by atomic mass is 32.2. The zero-order valence-corrected chi connectivity index (χ0v) is 49.1. The Morgan fingerprint density at radius 3 is 1.35 bits per heavy atom. The van der Waals surface area contributed by atoms with E-state index in [0.717, 1.165) is 90.9 Å². The maximum Gasteiger partial charge on any atom is 0.573 e. The van der Waals surface area contributed by atoms with Crippen LogP contribution >= 0.6 is 11.8 Å². The zero-order valence-electron chi connectivity index (χ0n) is 48.3. The SMILES string of the molecule is CC(C)(C)N=C(Nc1ccnc(C(N)=O)c1)Sc1ccccc1.COc1cc(OC(F)(F)F)ccc1Oc1cc(C2(C(F)(F)F)CC2)ncc1C(=O)Nc1ccnc(C(N)=O)c1.COc1cc(OC(F)(F)F)ccc1Oc1cc(C2(C(F)(F)F)CC2)ncc1C(=O)O. The Labute approximate surface area is 517 Å². The first-order chi connectivity index (χ1) is 42.9. The first kappa shape index (κ1) is 69.4. The predicted molar refractivity (Wildman–Crippen MR) is 305 cm³/mol. The second-order valence-corrected chi connectivity index (χ2v) is 21.8. The Balaban J connectivity index is 0.000000203. The highest BCUT2D eigenvalue weighted by molar-refractivity contribution is 8.14. The number of anilines is 2. The van der Waals surface area contributed by atoms with Gasteiger partial charge in [-0.1, -0.05) is 30.0 Å². The summed E-state index contributed by atoms with van der Waals surface area (Å²) in [7, 11) is 2.23. The van der Waals surface area contributed by atoms with Gasteiger partial charge in [-0.25, -0.2) is 4.79 Å². The van der Waals surface area contributed by atoms with Gasteiger partial charge in [-0.05, 0) is 107 Å². The molecular formula is C59H51F12N9O11S. The van der Waals surface area contributed by atoms with Crippen molar-refractivity contribution in [3.8, 4) is 46.0 Å². The third-order valence-corrected chi connectivity index (χ3v) is 13.8. The third-order valence-electron chi connectivity index (χ3n) is 12.9. The Bertz CT molecular complexity index is 3880. The van der Waals surface area contributed by atoms with Crippen LogP contribution in [-0.4, -0.2) is 98.7 Å². The highest BCUT2D eigenvalue weighted by Crippen LogP contribution is 2.60. The molecule has 7 N–H and O–H groups in total. The van der Waals surface area contributed by atoms with E-state index >= 15 is 0 Å². The van der Waals surface area contributed by atoms with Crippen molar-refractivity contribution in [3.63, 3.8) is 0 Å². The fraction of sp³-hybridized carbons (Fsp3) is 0.271. The lowest BCUT2D eigenvalue weighted by molar-refractivity contribution is -0.275. The van der Waals surface area contributed by atoms with Crippen LogP contribution in [0.15, 0.2) is 138 Å². The van der Waals surface area contributed by atoms with Gasteiger partial charge in [0.05, 0.1) is 31.1 Å². The zero-order chi connectivity index (χ0) is 67.8. The number of nitrogens with one attached hydrogen (secondary N) is 2. The average Bonchev–Trinajstić information content (AvgIpc) is 1.58. The maximum absolute atomic E-state index is 13.8. The van der Waals surface area contributed by atoms with Crippen LogP contribution in [0.1, 0.15) is 99.5 Å². The topological polar surface area (TPSA) is 284 Å². The van der Waals surface area contributed by atoms with Gasteiger partial charge in [0.2, 0.25) is 0 Å². The number of hydrogen-bond donors (Lipinski definition) is 5. The van der Waals surface area contributed by atoms with E-state index in [0.29, 0.717) is 0 Å². The molecule has 0 saturated heterocycles. The number of alkyl halides is 12. The summed E-state index contributed by atoms with van der Waals surface area (Å²) in [4.78, 5) is 68.1. The number of primary amides is 2. The minimum absolute atomic E-state index is 0.0824. The first-order valence-corrected chi connectivity index (χ1v) is 27.3. The number of carbonyl (C=O) groups excluding carboxylic acids is 3. The summed E-state index contributed by atoms with van der Waals surface area (Å²) in [5.41, 5.74) is 5.00. The van der Waals surface area contributed by atoms with Crippen LogP contribution < -0.4 is 50.5 Å². The largest absolute Gasteiger partial charge is 0.573 e. The molecule has 33 heteroatoms. The van der Waals surface area contributed by atoms with Crippen LogP contribution in [0.2, 0.25) is 0 Å². The second kappa shape index (κ2) is 27.6. The summed E-state index contributed by atoms with van der Waals surface area (Å²) < 4.78 is 185. The molecule has 9 rings (SSSR count). The molecule has 2 fully saturated rings. The highest BCUT2D eigenvalue weighted by Gasteiger charge is 2.66. The smallest absolute Gasteiger partial charge is 0.493 e. The van der Waals surface area contributed by atoms with Gasteiger partial charge < -0.3 is 55.6 Å². The Morgan fingerprint density at radius 2 is 0.967 bits per heavy atom. The monoisotopic (exact) mass is 1320 g/mol. The summed E-state index contributed by atoms with van der Waals surface area (Å²) >= 11 is 1.53. The van der Waals surface area contributed by atoms with E-state index in [1.165, 1.54) is 30.1 Å². The van der Waals surface area contributed by atoms with Crippen LogP contribution in [-0.2, 0) is 10.8 Å². The number of benzene rings is 3. The number of thioether (sulfide) groups is 1. The molecule has 4 heterocycles. The number of pyridine rings is 4. The number of halogens is 12. The van der Waals surface area contributed by atoms with Crippen molar-refractivity contribution in [1.82, 2.24) is 19.9 Å². The fourth-order valence-electron chi connectivity index (χ4n) is 8.20. The van der Waals surface area contributed by atoms with E-state index in [2.05, 4.69) is 40.0 Å². The van der Waals surface area contributed by atoms with Crippen LogP contribution in [0.4, 0.5) is 64.1 Å². The lowest BCUT2D eigenvalue weighted by atomic mass is 10.00. The summed E-state index contributed by atoms with van der Waals surface area (Å²) in [6, 6.07) is 23.2. The lowest BCUT2D eigenvalue weighted by Crippen LogP contribution is -2.30. The van der Waals surface area contributed by atoms with Gasteiger partial charge in [-0.2, -0.15) is 26.3 Å². The summed E-state index contributed by atoms with van der Waals surface area (Å²) in [5.74, 6) is -6.94. The van der Waals surface area contributed by atoms with E-state index in [-0.39, 0.29) is 82.6 Å². The van der Waals surface area contributed by atoms with Gasteiger partial charge in [0, 0.05) is 65.3 Å². The molecule has 0 spiro atoms. The molecule has 0 unspecified atom stereocenters. The molecule has 3 aromatic carbocycles. The third kappa shape index (κ3) is 18.3. The molecule has 2 saturated carbocycles. The number of nitrogens with two attached hydrogens (primary N) is 2. The molecular weight excluding hydrogens is 1270 g/mol. The van der Waals surface area contributed by atoms with Gasteiger partial charge in [0.25, 0.3) is 17.7 Å². The fourth-order valence-corrected chi connectivity index (χ4v) is 9.21. The van der Waals surface area contributed by atoms with Crippen molar-refractivity contribution in [2.24, 2.45) is 16.5 Å². The predicted octanol–water partition coefficient (Wildman–Crippen LogP) is 13.7. The van der Waals surface area contributed by atoms with Gasteiger partial charge in [-0.15, -0.1) is 26.3 Å². The quantitative estimate of drug-likeness (QED) is 0.0245. The maximum atomic E-state index is 13.8. The number of aromatic nitrogens is 4.